The molecule has 1 aromatic rings. The molecule has 1 rings (SSSR count). The predicted octanol–water partition coefficient (Wildman–Crippen LogP) is 4.51. The molecule has 0 N–H and O–H groups in total. The van der Waals surface area contributed by atoms with Gasteiger partial charge < -0.3 is 4.42 Å². The molecule has 0 aliphatic heterocycles. The summed E-state index contributed by atoms with van der Waals surface area (Å²) < 4.78 is 6.11. The van der Waals surface area contributed by atoms with Gasteiger partial charge >= 0.3 is 0 Å². The van der Waals surface area contributed by atoms with Crippen molar-refractivity contribution in [3.8, 4) is 0 Å². The van der Waals surface area contributed by atoms with Crippen LogP contribution in [-0.2, 0) is 5.41 Å². The summed E-state index contributed by atoms with van der Waals surface area (Å²) in [7, 11) is 0. The smallest absolute Gasteiger partial charge is 0.169 e. The van der Waals surface area contributed by atoms with Gasteiger partial charge in [0, 0.05) is 0 Å². The van der Waals surface area contributed by atoms with Crippen molar-refractivity contribution in [2.45, 2.75) is 45.4 Å². The number of hydrogen-bond acceptors (Lipinski definition) is 1. The lowest BCUT2D eigenvalue weighted by Crippen LogP contribution is -2.19. The standard InChI is InChI=1S/C11H17BrO/c1-4-6-11(3,5-2)9-7-10(12)13-8-9/h7-8H,4-6H2,1-3H3. The van der Waals surface area contributed by atoms with Gasteiger partial charge in [-0.25, -0.2) is 0 Å². The second-order valence-electron chi connectivity index (χ2n) is 3.80. The van der Waals surface area contributed by atoms with Crippen LogP contribution in [0.5, 0.6) is 0 Å². The first kappa shape index (κ1) is 10.8. The maximum absolute atomic E-state index is 5.28. The number of rotatable bonds is 4. The molecule has 1 atom stereocenters. The summed E-state index contributed by atoms with van der Waals surface area (Å²) in [5, 5.41) is 0. The molecule has 74 valence electrons. The minimum atomic E-state index is 0.282. The molecule has 0 radical (unpaired) electrons. The maximum Gasteiger partial charge on any atom is 0.169 e. The van der Waals surface area contributed by atoms with E-state index in [9.17, 15) is 0 Å². The van der Waals surface area contributed by atoms with Crippen LogP contribution in [0.2, 0.25) is 0 Å². The normalized spacial score (nSPS) is 15.7. The van der Waals surface area contributed by atoms with E-state index in [0.29, 0.717) is 0 Å². The fraction of sp³-hybridized carbons (Fsp3) is 0.636. The van der Waals surface area contributed by atoms with Crippen LogP contribution < -0.4 is 0 Å². The molecule has 1 nitrogen and oxygen atoms in total. The molecule has 1 unspecified atom stereocenters. The van der Waals surface area contributed by atoms with Gasteiger partial charge in [0.1, 0.15) is 0 Å². The van der Waals surface area contributed by atoms with Crippen molar-refractivity contribution in [3.63, 3.8) is 0 Å². The fourth-order valence-electron chi connectivity index (χ4n) is 1.70. The van der Waals surface area contributed by atoms with Crippen molar-refractivity contribution < 1.29 is 4.42 Å². The van der Waals surface area contributed by atoms with Gasteiger partial charge in [-0.2, -0.15) is 0 Å². The number of furan rings is 1. The van der Waals surface area contributed by atoms with Crippen molar-refractivity contribution in [1.82, 2.24) is 0 Å². The van der Waals surface area contributed by atoms with Gasteiger partial charge in [0.15, 0.2) is 4.67 Å². The van der Waals surface area contributed by atoms with Crippen molar-refractivity contribution >= 4 is 15.9 Å². The van der Waals surface area contributed by atoms with Gasteiger partial charge in [-0.05, 0) is 45.8 Å². The molecule has 0 saturated heterocycles. The van der Waals surface area contributed by atoms with E-state index in [2.05, 4.69) is 42.8 Å². The molecule has 0 amide bonds. The first-order chi connectivity index (χ1) is 6.12. The fourth-order valence-corrected chi connectivity index (χ4v) is 2.04. The van der Waals surface area contributed by atoms with E-state index in [4.69, 9.17) is 4.42 Å². The summed E-state index contributed by atoms with van der Waals surface area (Å²) in [6, 6.07) is 2.08. The second-order valence-corrected chi connectivity index (χ2v) is 4.59. The van der Waals surface area contributed by atoms with Gasteiger partial charge in [-0.3, -0.25) is 0 Å². The topological polar surface area (TPSA) is 13.1 Å². The van der Waals surface area contributed by atoms with Gasteiger partial charge in [0.25, 0.3) is 0 Å². The van der Waals surface area contributed by atoms with Crippen LogP contribution in [0.25, 0.3) is 0 Å². The second kappa shape index (κ2) is 4.32. The largest absolute Gasteiger partial charge is 0.457 e. The minimum absolute atomic E-state index is 0.282. The molecule has 0 aliphatic carbocycles. The zero-order valence-electron chi connectivity index (χ0n) is 8.56. The Morgan fingerprint density at radius 3 is 2.54 bits per heavy atom. The van der Waals surface area contributed by atoms with Gasteiger partial charge in [0.05, 0.1) is 6.26 Å². The summed E-state index contributed by atoms with van der Waals surface area (Å²) in [6.45, 7) is 6.76. The highest BCUT2D eigenvalue weighted by atomic mass is 79.9. The van der Waals surface area contributed by atoms with Crippen LogP contribution in [0.1, 0.15) is 45.6 Å². The molecule has 0 saturated carbocycles. The quantitative estimate of drug-likeness (QED) is 0.760. The summed E-state index contributed by atoms with van der Waals surface area (Å²) in [4.78, 5) is 0. The van der Waals surface area contributed by atoms with E-state index >= 15 is 0 Å². The Labute approximate surface area is 88.6 Å². The third-order valence-electron chi connectivity index (χ3n) is 2.85. The Kier molecular flexibility index (Phi) is 3.60. The highest BCUT2D eigenvalue weighted by Gasteiger charge is 2.25. The minimum Gasteiger partial charge on any atom is -0.457 e. The van der Waals surface area contributed by atoms with Crippen LogP contribution in [0.4, 0.5) is 0 Å². The molecule has 0 spiro atoms. The van der Waals surface area contributed by atoms with Crippen molar-refractivity contribution in [3.05, 3.63) is 22.6 Å². The lowest BCUT2D eigenvalue weighted by Gasteiger charge is -2.26. The summed E-state index contributed by atoms with van der Waals surface area (Å²) >= 11 is 3.34. The van der Waals surface area contributed by atoms with Crippen molar-refractivity contribution in [1.29, 1.82) is 0 Å². The van der Waals surface area contributed by atoms with E-state index in [1.807, 2.05) is 6.26 Å². The zero-order valence-corrected chi connectivity index (χ0v) is 10.1. The monoisotopic (exact) mass is 244 g/mol. The average molecular weight is 245 g/mol. The molecule has 1 aromatic heterocycles. The molecule has 0 bridgehead atoms. The highest BCUT2D eigenvalue weighted by Crippen LogP contribution is 2.34. The molecule has 1 heterocycles. The Morgan fingerprint density at radius 1 is 1.46 bits per heavy atom. The van der Waals surface area contributed by atoms with Crippen LogP contribution in [-0.4, -0.2) is 0 Å². The maximum atomic E-state index is 5.28. The predicted molar refractivity (Wildman–Crippen MR) is 59.0 cm³/mol. The van der Waals surface area contributed by atoms with E-state index in [-0.39, 0.29) is 5.41 Å². The Hall–Kier alpha value is -0.240. The highest BCUT2D eigenvalue weighted by molar-refractivity contribution is 9.10. The molecule has 13 heavy (non-hydrogen) atoms. The van der Waals surface area contributed by atoms with E-state index in [0.717, 1.165) is 11.1 Å². The van der Waals surface area contributed by atoms with Crippen LogP contribution >= 0.6 is 15.9 Å². The molecular formula is C11H17BrO. The van der Waals surface area contributed by atoms with E-state index < -0.39 is 0 Å². The van der Waals surface area contributed by atoms with Crippen LogP contribution in [0.3, 0.4) is 0 Å². The van der Waals surface area contributed by atoms with Crippen molar-refractivity contribution in [2.24, 2.45) is 0 Å². The Bertz CT molecular complexity index is 267. The SMILES string of the molecule is CCCC(C)(CC)c1coc(Br)c1. The third-order valence-corrected chi connectivity index (χ3v) is 3.26. The molecule has 0 aliphatic rings. The molecular weight excluding hydrogens is 228 g/mol. The number of halogens is 1. The lowest BCUT2D eigenvalue weighted by atomic mass is 9.78. The summed E-state index contributed by atoms with van der Waals surface area (Å²) in [5.74, 6) is 0. The van der Waals surface area contributed by atoms with Gasteiger partial charge in [0.2, 0.25) is 0 Å². The van der Waals surface area contributed by atoms with Crippen LogP contribution in [0, 0.1) is 0 Å². The first-order valence-electron chi connectivity index (χ1n) is 4.87. The number of hydrogen-bond donors (Lipinski definition) is 0. The Morgan fingerprint density at radius 2 is 2.15 bits per heavy atom. The molecule has 0 fully saturated rings. The Balaban J connectivity index is 2.88. The van der Waals surface area contributed by atoms with E-state index in [1.165, 1.54) is 18.4 Å². The summed E-state index contributed by atoms with van der Waals surface area (Å²) in [6.07, 6.45) is 5.46. The van der Waals surface area contributed by atoms with Crippen molar-refractivity contribution in [2.75, 3.05) is 0 Å². The molecule has 0 aromatic carbocycles. The van der Waals surface area contributed by atoms with E-state index in [1.54, 1.807) is 0 Å². The van der Waals surface area contributed by atoms with Gasteiger partial charge in [-0.1, -0.05) is 27.2 Å². The molecule has 2 heteroatoms. The zero-order chi connectivity index (χ0) is 9.90. The lowest BCUT2D eigenvalue weighted by molar-refractivity contribution is 0.407. The van der Waals surface area contributed by atoms with Gasteiger partial charge in [-0.15, -0.1) is 0 Å². The summed E-state index contributed by atoms with van der Waals surface area (Å²) in [5.41, 5.74) is 1.59. The third kappa shape index (κ3) is 2.37. The van der Waals surface area contributed by atoms with Crippen LogP contribution in [0.15, 0.2) is 21.4 Å². The average Bonchev–Trinajstić information content (AvgIpc) is 2.52. The first-order valence-corrected chi connectivity index (χ1v) is 5.66.